The summed E-state index contributed by atoms with van der Waals surface area (Å²) in [6, 6.07) is 19.7. The van der Waals surface area contributed by atoms with Crippen molar-refractivity contribution in [3.05, 3.63) is 65.7 Å². The van der Waals surface area contributed by atoms with Gasteiger partial charge in [-0.25, -0.2) is 0 Å². The maximum absolute atomic E-state index is 6.38. The molecule has 0 amide bonds. The van der Waals surface area contributed by atoms with Crippen molar-refractivity contribution in [2.24, 2.45) is 5.73 Å². The van der Waals surface area contributed by atoms with E-state index in [4.69, 9.17) is 5.73 Å². The summed E-state index contributed by atoms with van der Waals surface area (Å²) in [5, 5.41) is 0. The van der Waals surface area contributed by atoms with Crippen molar-refractivity contribution in [1.29, 1.82) is 0 Å². The second-order valence-electron chi connectivity index (χ2n) is 5.72. The largest absolute Gasteiger partial charge is 0.326 e. The van der Waals surface area contributed by atoms with Crippen LogP contribution in [-0.2, 0) is 6.54 Å². The predicted molar refractivity (Wildman–Crippen MR) is 90.7 cm³/mol. The second-order valence-corrected chi connectivity index (χ2v) is 6.60. The lowest BCUT2D eigenvalue weighted by Crippen LogP contribution is -2.28. The summed E-state index contributed by atoms with van der Waals surface area (Å²) < 4.78 is 0. The topological polar surface area (TPSA) is 29.3 Å². The van der Waals surface area contributed by atoms with E-state index in [1.165, 1.54) is 16.0 Å². The number of hydrogen-bond acceptors (Lipinski definition) is 3. The number of nitrogens with zero attached hydrogens (tertiary/aromatic N) is 1. The molecule has 2 aromatic carbocycles. The Balaban J connectivity index is 1.67. The van der Waals surface area contributed by atoms with Crippen LogP contribution in [0.5, 0.6) is 0 Å². The van der Waals surface area contributed by atoms with Crippen molar-refractivity contribution in [2.75, 3.05) is 19.3 Å². The van der Waals surface area contributed by atoms with Gasteiger partial charge in [-0.2, -0.15) is 0 Å². The quantitative estimate of drug-likeness (QED) is 0.878. The van der Waals surface area contributed by atoms with E-state index < -0.39 is 0 Å². The number of rotatable bonds is 4. The molecule has 1 heterocycles. The molecule has 2 atom stereocenters. The Morgan fingerprint density at radius 1 is 1.05 bits per heavy atom. The fourth-order valence-electron chi connectivity index (χ4n) is 3.09. The molecule has 3 rings (SSSR count). The smallest absolute Gasteiger partial charge is 0.0250 e. The molecule has 2 aromatic rings. The van der Waals surface area contributed by atoms with Gasteiger partial charge in [0, 0.05) is 36.5 Å². The van der Waals surface area contributed by atoms with Crippen molar-refractivity contribution < 1.29 is 0 Å². The molecule has 0 saturated carbocycles. The molecule has 2 N–H and O–H groups in total. The van der Waals surface area contributed by atoms with Crippen molar-refractivity contribution in [2.45, 2.75) is 23.4 Å². The maximum Gasteiger partial charge on any atom is 0.0250 e. The van der Waals surface area contributed by atoms with Crippen LogP contribution in [0.2, 0.25) is 0 Å². The Morgan fingerprint density at radius 3 is 2.43 bits per heavy atom. The Bertz CT molecular complexity index is 568. The molecule has 21 heavy (non-hydrogen) atoms. The van der Waals surface area contributed by atoms with E-state index in [0.29, 0.717) is 5.92 Å². The first kappa shape index (κ1) is 14.6. The van der Waals surface area contributed by atoms with Gasteiger partial charge < -0.3 is 5.73 Å². The Labute approximate surface area is 131 Å². The zero-order valence-corrected chi connectivity index (χ0v) is 13.2. The normalized spacial score (nSPS) is 22.6. The predicted octanol–water partition coefficient (Wildman–Crippen LogP) is 3.34. The van der Waals surface area contributed by atoms with Gasteiger partial charge in [-0.1, -0.05) is 42.5 Å². The van der Waals surface area contributed by atoms with Gasteiger partial charge in [-0.3, -0.25) is 4.90 Å². The maximum atomic E-state index is 6.38. The van der Waals surface area contributed by atoms with Crippen LogP contribution in [-0.4, -0.2) is 30.3 Å². The second kappa shape index (κ2) is 6.65. The van der Waals surface area contributed by atoms with Gasteiger partial charge in [0.05, 0.1) is 0 Å². The summed E-state index contributed by atoms with van der Waals surface area (Å²) in [4.78, 5) is 3.78. The van der Waals surface area contributed by atoms with Crippen LogP contribution >= 0.6 is 11.8 Å². The summed E-state index contributed by atoms with van der Waals surface area (Å²) in [5.74, 6) is 0.449. The van der Waals surface area contributed by atoms with Gasteiger partial charge in [-0.15, -0.1) is 11.8 Å². The van der Waals surface area contributed by atoms with Gasteiger partial charge in [0.1, 0.15) is 0 Å². The SMILES string of the molecule is CSc1ccc(C2CN(Cc3ccccc3)CC2N)cc1. The molecule has 2 nitrogen and oxygen atoms in total. The third-order valence-electron chi connectivity index (χ3n) is 4.23. The molecule has 1 saturated heterocycles. The minimum atomic E-state index is 0.230. The van der Waals surface area contributed by atoms with Crippen molar-refractivity contribution >= 4 is 11.8 Å². The van der Waals surface area contributed by atoms with Gasteiger partial charge in [0.25, 0.3) is 0 Å². The molecule has 0 spiro atoms. The fraction of sp³-hybridized carbons (Fsp3) is 0.333. The summed E-state index contributed by atoms with van der Waals surface area (Å²) in [6.45, 7) is 3.02. The first-order chi connectivity index (χ1) is 10.3. The highest BCUT2D eigenvalue weighted by molar-refractivity contribution is 7.98. The average Bonchev–Trinajstić information content (AvgIpc) is 2.89. The number of nitrogens with two attached hydrogens (primary N) is 1. The van der Waals surface area contributed by atoms with Crippen LogP contribution in [0.15, 0.2) is 59.5 Å². The molecule has 3 heteroatoms. The minimum Gasteiger partial charge on any atom is -0.326 e. The van der Waals surface area contributed by atoms with E-state index in [9.17, 15) is 0 Å². The number of likely N-dealkylation sites (tertiary alicyclic amines) is 1. The van der Waals surface area contributed by atoms with Crippen LogP contribution in [0.4, 0.5) is 0 Å². The van der Waals surface area contributed by atoms with E-state index >= 15 is 0 Å². The lowest BCUT2D eigenvalue weighted by atomic mass is 9.95. The molecule has 0 aliphatic carbocycles. The molecule has 1 aliphatic rings. The zero-order valence-electron chi connectivity index (χ0n) is 12.4. The molecule has 2 unspecified atom stereocenters. The first-order valence-corrected chi connectivity index (χ1v) is 8.64. The Morgan fingerprint density at radius 2 is 1.76 bits per heavy atom. The highest BCUT2D eigenvalue weighted by Crippen LogP contribution is 2.28. The molecule has 0 aromatic heterocycles. The molecule has 110 valence electrons. The van der Waals surface area contributed by atoms with Crippen LogP contribution in [0.3, 0.4) is 0 Å². The fourth-order valence-corrected chi connectivity index (χ4v) is 3.50. The van der Waals surface area contributed by atoms with E-state index in [1.54, 1.807) is 11.8 Å². The lowest BCUT2D eigenvalue weighted by molar-refractivity contribution is 0.324. The summed E-state index contributed by atoms with van der Waals surface area (Å²) >= 11 is 1.78. The highest BCUT2D eigenvalue weighted by atomic mass is 32.2. The monoisotopic (exact) mass is 298 g/mol. The third-order valence-corrected chi connectivity index (χ3v) is 4.98. The van der Waals surface area contributed by atoms with Gasteiger partial charge in [0.15, 0.2) is 0 Å². The van der Waals surface area contributed by atoms with Crippen LogP contribution in [0.25, 0.3) is 0 Å². The van der Waals surface area contributed by atoms with E-state index in [2.05, 4.69) is 65.8 Å². The van der Waals surface area contributed by atoms with Gasteiger partial charge in [-0.05, 0) is 29.5 Å². The average molecular weight is 298 g/mol. The first-order valence-electron chi connectivity index (χ1n) is 7.42. The van der Waals surface area contributed by atoms with Gasteiger partial charge in [0.2, 0.25) is 0 Å². The lowest BCUT2D eigenvalue weighted by Gasteiger charge is -2.16. The summed E-state index contributed by atoms with van der Waals surface area (Å²) in [6.07, 6.45) is 2.11. The van der Waals surface area contributed by atoms with Crippen LogP contribution < -0.4 is 5.73 Å². The minimum absolute atomic E-state index is 0.230. The van der Waals surface area contributed by atoms with Crippen molar-refractivity contribution in [3.8, 4) is 0 Å². The standard InChI is InChI=1S/C18H22N2S/c1-21-16-9-7-15(8-10-16)17-12-20(13-18(17)19)11-14-5-3-2-4-6-14/h2-10,17-18H,11-13,19H2,1H3. The highest BCUT2D eigenvalue weighted by Gasteiger charge is 2.30. The zero-order chi connectivity index (χ0) is 14.7. The summed E-state index contributed by atoms with van der Waals surface area (Å²) in [7, 11) is 0. The Hall–Kier alpha value is -1.29. The van der Waals surface area contributed by atoms with Crippen LogP contribution in [0.1, 0.15) is 17.0 Å². The van der Waals surface area contributed by atoms with Gasteiger partial charge >= 0.3 is 0 Å². The number of hydrogen-bond donors (Lipinski definition) is 1. The number of thioether (sulfide) groups is 1. The van der Waals surface area contributed by atoms with Crippen molar-refractivity contribution in [3.63, 3.8) is 0 Å². The van der Waals surface area contributed by atoms with E-state index in [1.807, 2.05) is 0 Å². The molecule has 0 bridgehead atoms. The molecular weight excluding hydrogens is 276 g/mol. The molecule has 1 aliphatic heterocycles. The summed E-state index contributed by atoms with van der Waals surface area (Å²) in [5.41, 5.74) is 9.11. The molecule has 1 fully saturated rings. The number of benzene rings is 2. The molecular formula is C18H22N2S. The third kappa shape index (κ3) is 3.49. The van der Waals surface area contributed by atoms with E-state index in [-0.39, 0.29) is 6.04 Å². The van der Waals surface area contributed by atoms with Crippen LogP contribution in [0, 0.1) is 0 Å². The Kier molecular flexibility index (Phi) is 4.63. The molecule has 0 radical (unpaired) electrons. The van der Waals surface area contributed by atoms with Crippen molar-refractivity contribution in [1.82, 2.24) is 4.90 Å². The van der Waals surface area contributed by atoms with E-state index in [0.717, 1.165) is 19.6 Å².